The van der Waals surface area contributed by atoms with Gasteiger partial charge in [0.25, 0.3) is 0 Å². The van der Waals surface area contributed by atoms with Crippen molar-refractivity contribution in [2.75, 3.05) is 0 Å². The minimum atomic E-state index is 0.590. The van der Waals surface area contributed by atoms with Crippen molar-refractivity contribution in [3.05, 3.63) is 102 Å². The average molecular weight is 497 g/mol. The molecule has 1 nitrogen and oxygen atoms in total. The normalized spacial score (nSPS) is 12.6. The summed E-state index contributed by atoms with van der Waals surface area (Å²) in [5, 5.41) is 8.17. The van der Waals surface area contributed by atoms with Crippen LogP contribution in [0.15, 0.2) is 101 Å². The highest BCUT2D eigenvalue weighted by Gasteiger charge is 2.32. The molecule has 0 saturated heterocycles. The van der Waals surface area contributed by atoms with Gasteiger partial charge in [0, 0.05) is 21.2 Å². The average Bonchev–Trinajstić information content (AvgIpc) is 2.92. The Morgan fingerprint density at radius 2 is 1.54 bits per heavy atom. The molecule has 0 amide bonds. The molecule has 2 heteroatoms. The van der Waals surface area contributed by atoms with Crippen LogP contribution in [0, 0.1) is 12.8 Å². The minimum Gasteiger partial charge on any atom is -0.200 e. The molecule has 0 atom stereocenters. The summed E-state index contributed by atoms with van der Waals surface area (Å²) in [4.78, 5) is 2.81. The number of rotatable bonds is 3. The molecular weight excluding hydrogens is 466 g/mol. The summed E-state index contributed by atoms with van der Waals surface area (Å²) >= 11 is 1.98. The molecule has 1 aliphatic rings. The summed E-state index contributed by atoms with van der Waals surface area (Å²) in [6.45, 7) is 6.99. The molecular formula is C35H30NS+. The number of pyridine rings is 1. The van der Waals surface area contributed by atoms with E-state index in [-0.39, 0.29) is 0 Å². The smallest absolute Gasteiger partial charge is 0.200 e. The molecule has 37 heavy (non-hydrogen) atoms. The largest absolute Gasteiger partial charge is 0.222 e. The lowest BCUT2D eigenvalue weighted by Gasteiger charge is -2.26. The van der Waals surface area contributed by atoms with Crippen LogP contribution in [0.4, 0.5) is 0 Å². The Morgan fingerprint density at radius 3 is 2.32 bits per heavy atom. The number of aromatic nitrogens is 1. The quantitative estimate of drug-likeness (QED) is 0.174. The molecule has 0 radical (unpaired) electrons. The van der Waals surface area contributed by atoms with Gasteiger partial charge in [-0.15, -0.1) is 0 Å². The molecule has 6 aromatic rings. The predicted molar refractivity (Wildman–Crippen MR) is 158 cm³/mol. The number of hydrogen-bond acceptors (Lipinski definition) is 1. The lowest BCUT2D eigenvalue weighted by Crippen LogP contribution is -2.32. The zero-order valence-electron chi connectivity index (χ0n) is 21.8. The fraction of sp³-hybridized carbons (Fsp3) is 0.171. The van der Waals surface area contributed by atoms with E-state index in [0.29, 0.717) is 5.92 Å². The van der Waals surface area contributed by atoms with Crippen molar-refractivity contribution in [1.29, 1.82) is 0 Å². The van der Waals surface area contributed by atoms with Crippen LogP contribution >= 0.6 is 11.8 Å². The number of nitrogens with zero attached hydrogens (tertiary/aromatic N) is 1. The van der Waals surface area contributed by atoms with Crippen molar-refractivity contribution in [2.24, 2.45) is 13.0 Å². The SMILES string of the molecule is Cc1c2c(c(CC(C)C)c3ccccc13)Sc1cc3cccc(-c4ccccc4)c3c3cc[n+](C)c-2c13. The van der Waals surface area contributed by atoms with Gasteiger partial charge in [0.1, 0.15) is 7.05 Å². The molecule has 5 aromatic carbocycles. The van der Waals surface area contributed by atoms with Crippen LogP contribution in [0.1, 0.15) is 25.0 Å². The Morgan fingerprint density at radius 1 is 0.784 bits per heavy atom. The van der Waals surface area contributed by atoms with Crippen LogP contribution in [0.2, 0.25) is 0 Å². The molecule has 0 bridgehead atoms. The van der Waals surface area contributed by atoms with Crippen LogP contribution < -0.4 is 4.57 Å². The number of hydrogen-bond donors (Lipinski definition) is 0. The van der Waals surface area contributed by atoms with Crippen molar-refractivity contribution in [3.63, 3.8) is 0 Å². The Labute approximate surface area is 222 Å². The second kappa shape index (κ2) is 8.46. The molecule has 0 spiro atoms. The van der Waals surface area contributed by atoms with E-state index in [1.807, 2.05) is 11.8 Å². The van der Waals surface area contributed by atoms with Crippen molar-refractivity contribution in [3.8, 4) is 22.4 Å². The summed E-state index contributed by atoms with van der Waals surface area (Å²) < 4.78 is 2.35. The maximum atomic E-state index is 2.44. The molecule has 7 rings (SSSR count). The summed E-state index contributed by atoms with van der Waals surface area (Å²) in [6, 6.07) is 31.3. The molecule has 0 unspecified atom stereocenters. The highest BCUT2D eigenvalue weighted by Crippen LogP contribution is 2.53. The number of aryl methyl sites for hydroxylation is 2. The first-order chi connectivity index (χ1) is 18.0. The van der Waals surface area contributed by atoms with Gasteiger partial charge in [-0.1, -0.05) is 98.4 Å². The van der Waals surface area contributed by atoms with Gasteiger partial charge in [-0.05, 0) is 69.1 Å². The van der Waals surface area contributed by atoms with Crippen LogP contribution in [-0.4, -0.2) is 0 Å². The van der Waals surface area contributed by atoms with E-state index in [4.69, 9.17) is 0 Å². The van der Waals surface area contributed by atoms with E-state index < -0.39 is 0 Å². The molecule has 1 aromatic heterocycles. The first kappa shape index (κ1) is 22.6. The number of fused-ring (bicyclic) bond motifs is 5. The van der Waals surface area contributed by atoms with Gasteiger partial charge in [-0.3, -0.25) is 0 Å². The Bertz CT molecular complexity index is 1870. The molecule has 180 valence electrons. The third-order valence-corrected chi connectivity index (χ3v) is 9.10. The third kappa shape index (κ3) is 3.35. The maximum absolute atomic E-state index is 2.44. The summed E-state index contributed by atoms with van der Waals surface area (Å²) in [7, 11) is 2.21. The maximum Gasteiger partial charge on any atom is 0.222 e. The van der Waals surface area contributed by atoms with E-state index in [1.165, 1.54) is 75.6 Å². The Kier molecular flexibility index (Phi) is 5.16. The van der Waals surface area contributed by atoms with Crippen LogP contribution in [-0.2, 0) is 13.5 Å². The van der Waals surface area contributed by atoms with E-state index in [2.05, 4.69) is 124 Å². The van der Waals surface area contributed by atoms with Crippen LogP contribution in [0.3, 0.4) is 0 Å². The van der Waals surface area contributed by atoms with Crippen LogP contribution in [0.5, 0.6) is 0 Å². The first-order valence-corrected chi connectivity index (χ1v) is 14.0. The van der Waals surface area contributed by atoms with Crippen LogP contribution in [0.25, 0.3) is 54.7 Å². The van der Waals surface area contributed by atoms with Crippen molar-refractivity contribution >= 4 is 44.1 Å². The molecule has 0 N–H and O–H groups in total. The summed E-state index contributed by atoms with van der Waals surface area (Å²) in [6.07, 6.45) is 3.34. The van der Waals surface area contributed by atoms with Gasteiger partial charge in [0.2, 0.25) is 5.69 Å². The first-order valence-electron chi connectivity index (χ1n) is 13.2. The zero-order valence-corrected chi connectivity index (χ0v) is 22.6. The minimum absolute atomic E-state index is 0.590. The van der Waals surface area contributed by atoms with Gasteiger partial charge < -0.3 is 0 Å². The second-order valence-electron chi connectivity index (χ2n) is 10.8. The van der Waals surface area contributed by atoms with Crippen molar-refractivity contribution in [2.45, 2.75) is 37.0 Å². The van der Waals surface area contributed by atoms with Gasteiger partial charge >= 0.3 is 0 Å². The Balaban J connectivity index is 1.65. The summed E-state index contributed by atoms with van der Waals surface area (Å²) in [5.41, 5.74) is 8.21. The molecule has 1 aliphatic heterocycles. The van der Waals surface area contributed by atoms with Gasteiger partial charge in [-0.25, -0.2) is 4.57 Å². The highest BCUT2D eigenvalue weighted by atomic mass is 32.2. The second-order valence-corrected chi connectivity index (χ2v) is 11.8. The molecule has 0 fully saturated rings. The number of benzene rings is 5. The fourth-order valence-electron chi connectivity index (χ4n) is 6.32. The van der Waals surface area contributed by atoms with E-state index >= 15 is 0 Å². The molecule has 0 saturated carbocycles. The molecule has 2 heterocycles. The molecule has 0 aliphatic carbocycles. The van der Waals surface area contributed by atoms with E-state index in [0.717, 1.165) is 6.42 Å². The Hall–Kier alpha value is -3.62. The topological polar surface area (TPSA) is 3.88 Å². The fourth-order valence-corrected chi connectivity index (χ4v) is 7.70. The summed E-state index contributed by atoms with van der Waals surface area (Å²) in [5.74, 6) is 0.590. The monoisotopic (exact) mass is 496 g/mol. The van der Waals surface area contributed by atoms with E-state index in [9.17, 15) is 0 Å². The highest BCUT2D eigenvalue weighted by molar-refractivity contribution is 8.00. The van der Waals surface area contributed by atoms with Gasteiger partial charge in [0.15, 0.2) is 6.20 Å². The van der Waals surface area contributed by atoms with Crippen molar-refractivity contribution < 1.29 is 4.57 Å². The lowest BCUT2D eigenvalue weighted by molar-refractivity contribution is -0.659. The standard InChI is InChI=1S/C35H30NS/c1-21(2)19-29-27-15-9-8-14-25(27)22(3)31-34-33-28(17-18-36(34)4)32-24(20-30(33)37-35(29)31)13-10-16-26(32)23-11-6-5-7-12-23/h5-18,20-21H,19H2,1-4H3/q+1. The van der Waals surface area contributed by atoms with E-state index in [1.54, 1.807) is 0 Å². The van der Waals surface area contributed by atoms with Gasteiger partial charge in [-0.2, -0.15) is 0 Å². The van der Waals surface area contributed by atoms with Crippen molar-refractivity contribution in [1.82, 2.24) is 0 Å². The third-order valence-electron chi connectivity index (χ3n) is 7.90. The predicted octanol–water partition coefficient (Wildman–Crippen LogP) is 9.28. The zero-order chi connectivity index (χ0) is 25.3. The lowest BCUT2D eigenvalue weighted by atomic mass is 9.87. The van der Waals surface area contributed by atoms with Gasteiger partial charge in [0.05, 0.1) is 10.9 Å².